The third-order valence-electron chi connectivity index (χ3n) is 7.53. The molecular weight excluding hydrogens is 487 g/mol. The number of fused-ring (bicyclic) bond motifs is 4. The predicted molar refractivity (Wildman–Crippen MR) is 118 cm³/mol. The number of nitrogens with zero attached hydrogens (tertiary/aromatic N) is 4. The van der Waals surface area contributed by atoms with E-state index in [9.17, 15) is 8.78 Å². The number of piperazine rings is 1. The van der Waals surface area contributed by atoms with Crippen LogP contribution in [0.2, 0.25) is 0 Å². The average Bonchev–Trinajstić information content (AvgIpc) is 3.41. The van der Waals surface area contributed by atoms with Gasteiger partial charge in [0.1, 0.15) is 29.9 Å². The number of benzene rings is 1. The van der Waals surface area contributed by atoms with Gasteiger partial charge in [0.05, 0.1) is 10.0 Å². The fraction of sp³-hybridized carbons (Fsp3) is 0.636. The van der Waals surface area contributed by atoms with Crippen LogP contribution < -0.4 is 15.0 Å². The highest BCUT2D eigenvalue weighted by Gasteiger charge is 2.49. The molecule has 4 saturated heterocycles. The molecule has 0 aliphatic carbocycles. The van der Waals surface area contributed by atoms with Gasteiger partial charge < -0.3 is 15.0 Å². The van der Waals surface area contributed by atoms with E-state index < -0.39 is 17.8 Å². The third kappa shape index (κ3) is 3.37. The van der Waals surface area contributed by atoms with E-state index in [-0.39, 0.29) is 28.1 Å². The lowest BCUT2D eigenvalue weighted by Gasteiger charge is -2.34. The van der Waals surface area contributed by atoms with E-state index in [1.165, 1.54) is 6.07 Å². The molecule has 1 N–H and O–H groups in total. The summed E-state index contributed by atoms with van der Waals surface area (Å²) >= 11 is 2.99. The van der Waals surface area contributed by atoms with E-state index in [1.807, 2.05) is 0 Å². The lowest BCUT2D eigenvalue weighted by atomic mass is 9.95. The SMILES string of the molecule is Fc1cc2c(N3CC4CCC(C3)N4)nc(OC[C@@]34CCCN3C[C@H](F)C4)nc2c(F)c1Br. The van der Waals surface area contributed by atoms with Crippen LogP contribution >= 0.6 is 15.9 Å². The van der Waals surface area contributed by atoms with E-state index in [1.54, 1.807) is 0 Å². The molecule has 4 aliphatic rings. The molecule has 2 bridgehead atoms. The highest BCUT2D eigenvalue weighted by molar-refractivity contribution is 9.10. The Labute approximate surface area is 192 Å². The molecule has 0 saturated carbocycles. The molecule has 10 heteroatoms. The van der Waals surface area contributed by atoms with Crippen molar-refractivity contribution in [3.05, 3.63) is 22.2 Å². The van der Waals surface area contributed by atoms with E-state index in [0.29, 0.717) is 49.3 Å². The standard InChI is InChI=1S/C22H25BrF3N5O/c23-17-16(25)6-15-19(18(17)26)28-21(29-20(15)30-9-13-2-3-14(10-30)27-13)32-11-22-4-1-5-31(22)8-12(24)7-22/h6,12-14,27H,1-5,7-11H2/t12-,13?,14?,22+/m1/s1. The summed E-state index contributed by atoms with van der Waals surface area (Å²) in [6.45, 7) is 2.97. The van der Waals surface area contributed by atoms with Crippen LogP contribution in [0.15, 0.2) is 10.5 Å². The van der Waals surface area contributed by atoms with Crippen molar-refractivity contribution in [1.29, 1.82) is 0 Å². The van der Waals surface area contributed by atoms with Gasteiger partial charge in [0.2, 0.25) is 0 Å². The van der Waals surface area contributed by atoms with Crippen molar-refractivity contribution in [2.24, 2.45) is 0 Å². The Morgan fingerprint density at radius 2 is 1.97 bits per heavy atom. The number of hydrogen-bond acceptors (Lipinski definition) is 6. The van der Waals surface area contributed by atoms with Gasteiger partial charge in [-0.15, -0.1) is 0 Å². The summed E-state index contributed by atoms with van der Waals surface area (Å²) in [5, 5.41) is 3.90. The monoisotopic (exact) mass is 511 g/mol. The van der Waals surface area contributed by atoms with Crippen molar-refractivity contribution in [2.75, 3.05) is 37.7 Å². The molecule has 172 valence electrons. The number of anilines is 1. The van der Waals surface area contributed by atoms with Crippen molar-refractivity contribution in [2.45, 2.75) is 55.9 Å². The van der Waals surface area contributed by atoms with Gasteiger partial charge in [-0.3, -0.25) is 4.90 Å². The second-order valence-electron chi connectivity index (χ2n) is 9.62. The summed E-state index contributed by atoms with van der Waals surface area (Å²) in [4.78, 5) is 13.2. The van der Waals surface area contributed by atoms with E-state index >= 15 is 4.39 Å². The molecular formula is C22H25BrF3N5O. The van der Waals surface area contributed by atoms with Crippen LogP contribution in [0.5, 0.6) is 6.01 Å². The summed E-state index contributed by atoms with van der Waals surface area (Å²) in [5.74, 6) is -0.965. The van der Waals surface area contributed by atoms with Crippen molar-refractivity contribution >= 4 is 32.7 Å². The second-order valence-corrected chi connectivity index (χ2v) is 10.4. The van der Waals surface area contributed by atoms with E-state index in [0.717, 1.165) is 32.2 Å². The Hall–Kier alpha value is -1.65. The quantitative estimate of drug-likeness (QED) is 0.633. The molecule has 0 amide bonds. The summed E-state index contributed by atoms with van der Waals surface area (Å²) in [6, 6.07) is 2.01. The minimum atomic E-state index is -0.861. The molecule has 0 radical (unpaired) electrons. The first-order chi connectivity index (χ1) is 15.4. The molecule has 6 rings (SSSR count). The number of hydrogen-bond donors (Lipinski definition) is 1. The van der Waals surface area contributed by atoms with Gasteiger partial charge >= 0.3 is 6.01 Å². The number of halogens is 4. The molecule has 1 aromatic heterocycles. The molecule has 4 fully saturated rings. The van der Waals surface area contributed by atoms with Gasteiger partial charge in [0, 0.05) is 43.5 Å². The van der Waals surface area contributed by atoms with Gasteiger partial charge in [-0.05, 0) is 54.2 Å². The Morgan fingerprint density at radius 1 is 1.19 bits per heavy atom. The van der Waals surface area contributed by atoms with Crippen LogP contribution in [0, 0.1) is 11.6 Å². The maximum Gasteiger partial charge on any atom is 0.319 e. The third-order valence-corrected chi connectivity index (χ3v) is 8.26. The maximum absolute atomic E-state index is 15.0. The largest absolute Gasteiger partial charge is 0.461 e. The first-order valence-electron chi connectivity index (χ1n) is 11.3. The van der Waals surface area contributed by atoms with Crippen LogP contribution in [-0.4, -0.2) is 71.4 Å². The Morgan fingerprint density at radius 3 is 2.75 bits per heavy atom. The summed E-state index contributed by atoms with van der Waals surface area (Å²) < 4.78 is 49.3. The van der Waals surface area contributed by atoms with Gasteiger partial charge in [-0.25, -0.2) is 13.2 Å². The zero-order chi connectivity index (χ0) is 22.0. The first-order valence-corrected chi connectivity index (χ1v) is 12.1. The minimum Gasteiger partial charge on any atom is -0.461 e. The Kier molecular flexibility index (Phi) is 5.03. The highest BCUT2D eigenvalue weighted by atomic mass is 79.9. The maximum atomic E-state index is 15.0. The summed E-state index contributed by atoms with van der Waals surface area (Å²) in [6.07, 6.45) is 3.58. The minimum absolute atomic E-state index is 0.0275. The first kappa shape index (κ1) is 20.9. The number of rotatable bonds is 4. The average molecular weight is 512 g/mol. The van der Waals surface area contributed by atoms with Crippen molar-refractivity contribution in [3.63, 3.8) is 0 Å². The zero-order valence-electron chi connectivity index (χ0n) is 17.6. The molecule has 2 unspecified atom stereocenters. The molecule has 0 spiro atoms. The second kappa shape index (κ2) is 7.70. The summed E-state index contributed by atoms with van der Waals surface area (Å²) in [7, 11) is 0. The van der Waals surface area contributed by atoms with Crippen LogP contribution in [0.1, 0.15) is 32.1 Å². The highest BCUT2D eigenvalue weighted by Crippen LogP contribution is 2.41. The number of aromatic nitrogens is 2. The van der Waals surface area contributed by atoms with Gasteiger partial charge in [-0.2, -0.15) is 9.97 Å². The predicted octanol–water partition coefficient (Wildman–Crippen LogP) is 3.57. The lowest BCUT2D eigenvalue weighted by Crippen LogP contribution is -2.51. The molecule has 6 nitrogen and oxygen atoms in total. The lowest BCUT2D eigenvalue weighted by molar-refractivity contribution is 0.107. The molecule has 4 aliphatic heterocycles. The van der Waals surface area contributed by atoms with Crippen molar-refractivity contribution in [3.8, 4) is 6.01 Å². The number of ether oxygens (including phenoxy) is 1. The van der Waals surface area contributed by atoms with Crippen LogP contribution in [-0.2, 0) is 0 Å². The smallest absolute Gasteiger partial charge is 0.319 e. The van der Waals surface area contributed by atoms with Crippen LogP contribution in [0.25, 0.3) is 10.9 Å². The summed E-state index contributed by atoms with van der Waals surface area (Å²) in [5.41, 5.74) is -0.326. The van der Waals surface area contributed by atoms with Crippen molar-refractivity contribution in [1.82, 2.24) is 20.2 Å². The van der Waals surface area contributed by atoms with Crippen LogP contribution in [0.4, 0.5) is 19.0 Å². The van der Waals surface area contributed by atoms with Crippen molar-refractivity contribution < 1.29 is 17.9 Å². The van der Waals surface area contributed by atoms with Crippen LogP contribution in [0.3, 0.4) is 0 Å². The van der Waals surface area contributed by atoms with E-state index in [4.69, 9.17) is 4.74 Å². The zero-order valence-corrected chi connectivity index (χ0v) is 19.2. The molecule has 2 aromatic rings. The normalized spacial score (nSPS) is 32.1. The Bertz CT molecular complexity index is 1060. The van der Waals surface area contributed by atoms with E-state index in [2.05, 4.69) is 41.0 Å². The fourth-order valence-electron chi connectivity index (χ4n) is 6.06. The van der Waals surface area contributed by atoms with Gasteiger partial charge in [0.25, 0.3) is 0 Å². The van der Waals surface area contributed by atoms with Gasteiger partial charge in [-0.1, -0.05) is 0 Å². The fourth-order valence-corrected chi connectivity index (χ4v) is 6.36. The molecule has 5 heterocycles. The Balaban J connectivity index is 1.38. The molecule has 32 heavy (non-hydrogen) atoms. The molecule has 4 atom stereocenters. The number of alkyl halides is 1. The molecule has 1 aromatic carbocycles. The topological polar surface area (TPSA) is 53.5 Å². The van der Waals surface area contributed by atoms with Gasteiger partial charge in [0.15, 0.2) is 5.82 Å². The number of nitrogens with one attached hydrogen (secondary N) is 1.